The second kappa shape index (κ2) is 7.63. The fraction of sp³-hybridized carbons (Fsp3) is 0.917. The molecule has 4 N–H and O–H groups in total. The Labute approximate surface area is 98.3 Å². The molecule has 1 aliphatic rings. The quantitative estimate of drug-likeness (QED) is 0.627. The van der Waals surface area contributed by atoms with Gasteiger partial charge in [0.25, 0.3) is 0 Å². The summed E-state index contributed by atoms with van der Waals surface area (Å²) in [4.78, 5) is 10.6. The molecule has 4 heteroatoms. The van der Waals surface area contributed by atoms with Gasteiger partial charge in [-0.15, -0.1) is 0 Å². The van der Waals surface area contributed by atoms with Gasteiger partial charge in [-0.05, 0) is 32.7 Å². The smallest absolute Gasteiger partial charge is 0.218 e. The average Bonchev–Trinajstić information content (AvgIpc) is 2.45. The molecule has 1 amide bonds. The first-order valence-electron chi connectivity index (χ1n) is 6.43. The van der Waals surface area contributed by atoms with Gasteiger partial charge in [-0.2, -0.15) is 0 Å². The lowest BCUT2D eigenvalue weighted by atomic mass is 10.0. The Hall–Kier alpha value is -0.610. The molecule has 16 heavy (non-hydrogen) atoms. The molecule has 94 valence electrons. The van der Waals surface area contributed by atoms with Gasteiger partial charge in [0.1, 0.15) is 0 Å². The van der Waals surface area contributed by atoms with Crippen LogP contribution in [0.25, 0.3) is 0 Å². The van der Waals surface area contributed by atoms with Crippen LogP contribution in [0.2, 0.25) is 0 Å². The van der Waals surface area contributed by atoms with E-state index in [4.69, 9.17) is 5.73 Å². The largest absolute Gasteiger partial charge is 0.370 e. The molecule has 2 unspecified atom stereocenters. The van der Waals surface area contributed by atoms with Crippen LogP contribution in [0.3, 0.4) is 0 Å². The Kier molecular flexibility index (Phi) is 6.42. The first-order chi connectivity index (χ1) is 7.68. The van der Waals surface area contributed by atoms with Crippen molar-refractivity contribution >= 4 is 5.91 Å². The monoisotopic (exact) mass is 227 g/mol. The Morgan fingerprint density at radius 1 is 1.50 bits per heavy atom. The number of carbonyl (C=O) groups excluding carboxylic acids is 1. The van der Waals surface area contributed by atoms with Crippen LogP contribution in [0.5, 0.6) is 0 Å². The van der Waals surface area contributed by atoms with E-state index in [9.17, 15) is 4.79 Å². The van der Waals surface area contributed by atoms with Crippen molar-refractivity contribution in [2.75, 3.05) is 13.1 Å². The summed E-state index contributed by atoms with van der Waals surface area (Å²) in [5, 5.41) is 6.92. The van der Waals surface area contributed by atoms with Crippen molar-refractivity contribution in [1.82, 2.24) is 10.6 Å². The van der Waals surface area contributed by atoms with E-state index in [1.54, 1.807) is 0 Å². The second-order valence-electron chi connectivity index (χ2n) is 4.81. The number of carbonyl (C=O) groups is 1. The zero-order valence-electron chi connectivity index (χ0n) is 10.3. The van der Waals surface area contributed by atoms with Crippen LogP contribution < -0.4 is 16.4 Å². The number of amides is 1. The van der Waals surface area contributed by atoms with Gasteiger partial charge in [-0.1, -0.05) is 12.8 Å². The van der Waals surface area contributed by atoms with Crippen LogP contribution in [0.4, 0.5) is 0 Å². The normalized spacial score (nSPS) is 23.7. The fourth-order valence-corrected chi connectivity index (χ4v) is 2.25. The summed E-state index contributed by atoms with van der Waals surface area (Å²) in [6, 6.07) is 1.09. The van der Waals surface area contributed by atoms with E-state index in [0.29, 0.717) is 25.0 Å². The molecule has 0 saturated carbocycles. The maximum absolute atomic E-state index is 10.6. The van der Waals surface area contributed by atoms with Crippen LogP contribution in [-0.4, -0.2) is 31.1 Å². The van der Waals surface area contributed by atoms with Gasteiger partial charge in [0.15, 0.2) is 0 Å². The summed E-state index contributed by atoms with van der Waals surface area (Å²) in [6.07, 6.45) is 6.85. The maximum Gasteiger partial charge on any atom is 0.218 e. The number of nitrogens with one attached hydrogen (secondary N) is 2. The van der Waals surface area contributed by atoms with Crippen LogP contribution in [-0.2, 0) is 4.79 Å². The molecular formula is C12H25N3O. The maximum atomic E-state index is 10.6. The molecule has 0 radical (unpaired) electrons. The Morgan fingerprint density at radius 2 is 2.31 bits per heavy atom. The molecule has 1 rings (SSSR count). The number of hydrogen-bond donors (Lipinski definition) is 3. The molecule has 0 aliphatic carbocycles. The standard InChI is InChI=1S/C12H25N3O/c1-10(14-8-6-12(13)16)9-11-5-3-2-4-7-15-11/h10-11,14-15H,2-9H2,1H3,(H2,13,16). The molecule has 0 aromatic heterocycles. The van der Waals surface area contributed by atoms with E-state index >= 15 is 0 Å². The summed E-state index contributed by atoms with van der Waals surface area (Å²) in [7, 11) is 0. The molecular weight excluding hydrogens is 202 g/mol. The third-order valence-corrected chi connectivity index (χ3v) is 3.16. The van der Waals surface area contributed by atoms with Gasteiger partial charge in [0.05, 0.1) is 0 Å². The van der Waals surface area contributed by atoms with Crippen molar-refractivity contribution in [3.63, 3.8) is 0 Å². The zero-order chi connectivity index (χ0) is 11.8. The van der Waals surface area contributed by atoms with Crippen LogP contribution in [0, 0.1) is 0 Å². The molecule has 1 fully saturated rings. The highest BCUT2D eigenvalue weighted by Gasteiger charge is 2.14. The zero-order valence-corrected chi connectivity index (χ0v) is 10.3. The molecule has 0 aromatic carbocycles. The summed E-state index contributed by atoms with van der Waals surface area (Å²) in [5.74, 6) is -0.229. The SMILES string of the molecule is CC(CC1CCCCCN1)NCCC(N)=O. The number of primary amides is 1. The lowest BCUT2D eigenvalue weighted by Crippen LogP contribution is -2.37. The second-order valence-corrected chi connectivity index (χ2v) is 4.81. The molecule has 1 heterocycles. The van der Waals surface area contributed by atoms with E-state index < -0.39 is 0 Å². The Balaban J connectivity index is 2.11. The molecule has 1 saturated heterocycles. The average molecular weight is 227 g/mol. The van der Waals surface area contributed by atoms with Crippen LogP contribution in [0.15, 0.2) is 0 Å². The summed E-state index contributed by atoms with van der Waals surface area (Å²) in [6.45, 7) is 4.02. The minimum absolute atomic E-state index is 0.229. The molecule has 4 nitrogen and oxygen atoms in total. The Morgan fingerprint density at radius 3 is 3.06 bits per heavy atom. The third-order valence-electron chi connectivity index (χ3n) is 3.16. The number of rotatable bonds is 6. The predicted octanol–water partition coefficient (Wildman–Crippen LogP) is 0.762. The van der Waals surface area contributed by atoms with E-state index in [2.05, 4.69) is 17.6 Å². The number of nitrogens with two attached hydrogens (primary N) is 1. The van der Waals surface area contributed by atoms with Crippen molar-refractivity contribution in [3.8, 4) is 0 Å². The van der Waals surface area contributed by atoms with Gasteiger partial charge in [-0.25, -0.2) is 0 Å². The van der Waals surface area contributed by atoms with Crippen molar-refractivity contribution in [1.29, 1.82) is 0 Å². The predicted molar refractivity (Wildman–Crippen MR) is 66.2 cm³/mol. The van der Waals surface area contributed by atoms with Crippen molar-refractivity contribution < 1.29 is 4.79 Å². The van der Waals surface area contributed by atoms with E-state index in [1.165, 1.54) is 25.7 Å². The van der Waals surface area contributed by atoms with Gasteiger partial charge in [0, 0.05) is 25.0 Å². The van der Waals surface area contributed by atoms with Crippen molar-refractivity contribution in [2.24, 2.45) is 5.73 Å². The molecule has 2 atom stereocenters. The van der Waals surface area contributed by atoms with Gasteiger partial charge < -0.3 is 16.4 Å². The van der Waals surface area contributed by atoms with Crippen LogP contribution in [0.1, 0.15) is 45.4 Å². The molecule has 0 bridgehead atoms. The van der Waals surface area contributed by atoms with Gasteiger partial charge in [0.2, 0.25) is 5.91 Å². The minimum Gasteiger partial charge on any atom is -0.370 e. The highest BCUT2D eigenvalue weighted by atomic mass is 16.1. The highest BCUT2D eigenvalue weighted by Crippen LogP contribution is 2.12. The minimum atomic E-state index is -0.229. The first-order valence-corrected chi connectivity index (χ1v) is 6.43. The summed E-state index contributed by atoms with van der Waals surface area (Å²) < 4.78 is 0. The summed E-state index contributed by atoms with van der Waals surface area (Å²) >= 11 is 0. The number of hydrogen-bond acceptors (Lipinski definition) is 3. The third kappa shape index (κ3) is 6.08. The van der Waals surface area contributed by atoms with E-state index in [1.807, 2.05) is 0 Å². The van der Waals surface area contributed by atoms with Crippen LogP contribution >= 0.6 is 0 Å². The highest BCUT2D eigenvalue weighted by molar-refractivity contribution is 5.73. The topological polar surface area (TPSA) is 67.2 Å². The van der Waals surface area contributed by atoms with E-state index in [-0.39, 0.29) is 5.91 Å². The van der Waals surface area contributed by atoms with Gasteiger partial charge in [-0.3, -0.25) is 4.79 Å². The van der Waals surface area contributed by atoms with Crippen molar-refractivity contribution in [3.05, 3.63) is 0 Å². The fourth-order valence-electron chi connectivity index (χ4n) is 2.25. The first kappa shape index (κ1) is 13.5. The summed E-state index contributed by atoms with van der Waals surface area (Å²) in [5.41, 5.74) is 5.09. The lowest BCUT2D eigenvalue weighted by Gasteiger charge is -2.21. The molecule has 1 aliphatic heterocycles. The molecule has 0 spiro atoms. The van der Waals surface area contributed by atoms with Crippen molar-refractivity contribution in [2.45, 2.75) is 57.5 Å². The van der Waals surface area contributed by atoms with E-state index in [0.717, 1.165) is 13.0 Å². The van der Waals surface area contributed by atoms with Gasteiger partial charge >= 0.3 is 0 Å². The Bertz CT molecular complexity index is 200. The lowest BCUT2D eigenvalue weighted by molar-refractivity contribution is -0.117. The molecule has 0 aromatic rings.